The summed E-state index contributed by atoms with van der Waals surface area (Å²) in [5.74, 6) is 0.111. The van der Waals surface area contributed by atoms with Gasteiger partial charge in [-0.15, -0.1) is 0 Å². The third-order valence-electron chi connectivity index (χ3n) is 4.20. The van der Waals surface area contributed by atoms with E-state index < -0.39 is 20.0 Å². The monoisotopic (exact) mass is 414 g/mol. The highest BCUT2D eigenvalue weighted by molar-refractivity contribution is 7.93. The molecule has 1 N–H and O–H groups in total. The van der Waals surface area contributed by atoms with E-state index in [2.05, 4.69) is 4.72 Å². The molecule has 6 nitrogen and oxygen atoms in total. The predicted octanol–water partition coefficient (Wildman–Crippen LogP) is 3.38. The average molecular weight is 415 g/mol. The van der Waals surface area contributed by atoms with E-state index in [0.717, 1.165) is 6.42 Å². The van der Waals surface area contributed by atoms with Crippen molar-refractivity contribution in [3.8, 4) is 0 Å². The van der Waals surface area contributed by atoms with Gasteiger partial charge in [-0.2, -0.15) is 0 Å². The minimum Gasteiger partial charge on any atom is -0.278 e. The van der Waals surface area contributed by atoms with E-state index >= 15 is 0 Å². The molecule has 140 valence electrons. The molecule has 9 heteroatoms. The molecule has 0 aliphatic carbocycles. The maximum Gasteiger partial charge on any atom is 0.262 e. The van der Waals surface area contributed by atoms with E-state index in [0.29, 0.717) is 29.2 Å². The van der Waals surface area contributed by atoms with Gasteiger partial charge in [0.25, 0.3) is 10.0 Å². The molecule has 2 aromatic carbocycles. The van der Waals surface area contributed by atoms with Gasteiger partial charge in [0, 0.05) is 6.54 Å². The lowest BCUT2D eigenvalue weighted by molar-refractivity contribution is 0.574. The van der Waals surface area contributed by atoms with Crippen molar-refractivity contribution < 1.29 is 16.8 Å². The number of aryl methyl sites for hydroxylation is 1. The molecule has 1 heterocycles. The number of anilines is 2. The van der Waals surface area contributed by atoms with E-state index in [1.54, 1.807) is 37.3 Å². The van der Waals surface area contributed by atoms with Crippen LogP contribution in [0.5, 0.6) is 0 Å². The van der Waals surface area contributed by atoms with Gasteiger partial charge in [-0.25, -0.2) is 16.8 Å². The van der Waals surface area contributed by atoms with Crippen LogP contribution in [0.2, 0.25) is 5.02 Å². The standard InChI is InChI=1S/C17H19ClN2O4S2/c1-13-12-14(20-10-4-5-11-25(20,21)22)8-9-17(13)26(23,24)19-16-7-3-2-6-15(16)18/h2-3,6-9,12,19H,4-5,10-11H2,1H3. The smallest absolute Gasteiger partial charge is 0.262 e. The second kappa shape index (κ2) is 7.09. The molecule has 3 rings (SSSR count). The number of halogens is 1. The topological polar surface area (TPSA) is 83.6 Å². The van der Waals surface area contributed by atoms with Crippen molar-refractivity contribution in [1.82, 2.24) is 0 Å². The fraction of sp³-hybridized carbons (Fsp3) is 0.294. The molecule has 1 fully saturated rings. The van der Waals surface area contributed by atoms with Crippen LogP contribution in [0.1, 0.15) is 18.4 Å². The van der Waals surface area contributed by atoms with Crippen LogP contribution in [0.25, 0.3) is 0 Å². The summed E-state index contributed by atoms with van der Waals surface area (Å²) in [6, 6.07) is 11.1. The lowest BCUT2D eigenvalue weighted by Crippen LogP contribution is -2.37. The number of hydrogen-bond acceptors (Lipinski definition) is 4. The van der Waals surface area contributed by atoms with Crippen molar-refractivity contribution in [2.45, 2.75) is 24.7 Å². The lowest BCUT2D eigenvalue weighted by atomic mass is 10.2. The Kier molecular flexibility index (Phi) is 5.18. The molecule has 1 aliphatic heterocycles. The number of sulfonamides is 2. The zero-order chi connectivity index (χ0) is 18.9. The largest absolute Gasteiger partial charge is 0.278 e. The Labute approximate surface area is 158 Å². The molecule has 1 aliphatic rings. The molecule has 26 heavy (non-hydrogen) atoms. The summed E-state index contributed by atoms with van der Waals surface area (Å²) >= 11 is 6.02. The summed E-state index contributed by atoms with van der Waals surface area (Å²) in [5, 5.41) is 0.296. The SMILES string of the molecule is Cc1cc(N2CCCCS2(=O)=O)ccc1S(=O)(=O)Nc1ccccc1Cl. The third kappa shape index (κ3) is 3.82. The Morgan fingerprint density at radius 1 is 1.12 bits per heavy atom. The second-order valence-corrected chi connectivity index (χ2v) is 10.2. The summed E-state index contributed by atoms with van der Waals surface area (Å²) in [6.07, 6.45) is 1.43. The van der Waals surface area contributed by atoms with Crippen LogP contribution >= 0.6 is 11.6 Å². The van der Waals surface area contributed by atoms with Crippen LogP contribution in [0.4, 0.5) is 11.4 Å². The summed E-state index contributed by atoms with van der Waals surface area (Å²) in [6.45, 7) is 2.05. The molecule has 0 amide bonds. The zero-order valence-electron chi connectivity index (χ0n) is 14.1. The normalized spacial score (nSPS) is 17.1. The zero-order valence-corrected chi connectivity index (χ0v) is 16.5. The van der Waals surface area contributed by atoms with E-state index in [4.69, 9.17) is 11.6 Å². The highest BCUT2D eigenvalue weighted by Crippen LogP contribution is 2.29. The second-order valence-electron chi connectivity index (χ2n) is 6.13. The van der Waals surface area contributed by atoms with Gasteiger partial charge in [-0.05, 0) is 55.7 Å². The van der Waals surface area contributed by atoms with Crippen molar-refractivity contribution in [3.05, 3.63) is 53.1 Å². The van der Waals surface area contributed by atoms with E-state index in [1.807, 2.05) is 0 Å². The number of nitrogens with zero attached hydrogens (tertiary/aromatic N) is 1. The number of hydrogen-bond donors (Lipinski definition) is 1. The van der Waals surface area contributed by atoms with Crippen LogP contribution in [0.15, 0.2) is 47.4 Å². The van der Waals surface area contributed by atoms with Gasteiger partial charge in [0.05, 0.1) is 27.0 Å². The van der Waals surface area contributed by atoms with Crippen molar-refractivity contribution in [1.29, 1.82) is 0 Å². The Bertz CT molecular complexity index is 1040. The van der Waals surface area contributed by atoms with Crippen molar-refractivity contribution >= 4 is 43.0 Å². The van der Waals surface area contributed by atoms with E-state index in [1.165, 1.54) is 16.4 Å². The van der Waals surface area contributed by atoms with Crippen LogP contribution in [-0.4, -0.2) is 29.1 Å². The number of benzene rings is 2. The summed E-state index contributed by atoms with van der Waals surface area (Å²) in [4.78, 5) is 0.0792. The minimum atomic E-state index is -3.85. The molecule has 1 saturated heterocycles. The lowest BCUT2D eigenvalue weighted by Gasteiger charge is -2.28. The highest BCUT2D eigenvalue weighted by Gasteiger charge is 2.27. The van der Waals surface area contributed by atoms with Gasteiger partial charge in [0.1, 0.15) is 0 Å². The fourth-order valence-corrected chi connectivity index (χ4v) is 6.09. The van der Waals surface area contributed by atoms with Crippen LogP contribution in [-0.2, 0) is 20.0 Å². The molecule has 0 aromatic heterocycles. The molecule has 0 atom stereocenters. The summed E-state index contributed by atoms with van der Waals surface area (Å²) < 4.78 is 53.7. The summed E-state index contributed by atoms with van der Waals surface area (Å²) in [5.41, 5.74) is 1.23. The van der Waals surface area contributed by atoms with Crippen LogP contribution < -0.4 is 9.03 Å². The molecular weight excluding hydrogens is 396 g/mol. The van der Waals surface area contributed by atoms with E-state index in [9.17, 15) is 16.8 Å². The van der Waals surface area contributed by atoms with Crippen molar-refractivity contribution in [3.63, 3.8) is 0 Å². The van der Waals surface area contributed by atoms with Gasteiger partial charge in [-0.1, -0.05) is 23.7 Å². The van der Waals surface area contributed by atoms with Gasteiger partial charge >= 0.3 is 0 Å². The Morgan fingerprint density at radius 2 is 1.85 bits per heavy atom. The van der Waals surface area contributed by atoms with Gasteiger partial charge < -0.3 is 0 Å². The first-order valence-electron chi connectivity index (χ1n) is 8.09. The number of nitrogens with one attached hydrogen (secondary N) is 1. The first-order chi connectivity index (χ1) is 12.2. The van der Waals surface area contributed by atoms with Gasteiger partial charge in [0.2, 0.25) is 10.0 Å². The van der Waals surface area contributed by atoms with Gasteiger partial charge in [-0.3, -0.25) is 9.03 Å². The first-order valence-corrected chi connectivity index (χ1v) is 11.6. The first kappa shape index (κ1) is 19.0. The molecule has 0 saturated carbocycles. The Hall–Kier alpha value is -1.77. The van der Waals surface area contributed by atoms with E-state index in [-0.39, 0.29) is 16.3 Å². The number of rotatable bonds is 4. The quantitative estimate of drug-likeness (QED) is 0.831. The molecule has 0 unspecified atom stereocenters. The molecule has 0 radical (unpaired) electrons. The van der Waals surface area contributed by atoms with Gasteiger partial charge in [0.15, 0.2) is 0 Å². The maximum absolute atomic E-state index is 12.7. The minimum absolute atomic E-state index is 0.0792. The molecule has 2 aromatic rings. The molecule has 0 spiro atoms. The molecular formula is C17H19ClN2O4S2. The number of para-hydroxylation sites is 1. The maximum atomic E-state index is 12.7. The summed E-state index contributed by atoms with van der Waals surface area (Å²) in [7, 11) is -7.19. The van der Waals surface area contributed by atoms with Crippen molar-refractivity contribution in [2.24, 2.45) is 0 Å². The third-order valence-corrected chi connectivity index (χ3v) is 7.93. The highest BCUT2D eigenvalue weighted by atomic mass is 35.5. The van der Waals surface area contributed by atoms with Crippen molar-refractivity contribution in [2.75, 3.05) is 21.3 Å². The average Bonchev–Trinajstić information content (AvgIpc) is 2.56. The van der Waals surface area contributed by atoms with Crippen LogP contribution in [0.3, 0.4) is 0 Å². The Morgan fingerprint density at radius 3 is 2.50 bits per heavy atom. The Balaban J connectivity index is 1.93. The molecule has 0 bridgehead atoms. The fourth-order valence-electron chi connectivity index (χ4n) is 2.91. The predicted molar refractivity (Wildman–Crippen MR) is 104 cm³/mol. The van der Waals surface area contributed by atoms with Crippen LogP contribution in [0, 0.1) is 6.92 Å².